The van der Waals surface area contributed by atoms with E-state index in [0.717, 1.165) is 13.2 Å². The lowest BCUT2D eigenvalue weighted by atomic mass is 9.91. The summed E-state index contributed by atoms with van der Waals surface area (Å²) in [6.45, 7) is 6.41. The van der Waals surface area contributed by atoms with Crippen molar-refractivity contribution in [3.8, 4) is 0 Å². The van der Waals surface area contributed by atoms with Crippen LogP contribution in [0.5, 0.6) is 0 Å². The van der Waals surface area contributed by atoms with Crippen molar-refractivity contribution in [2.24, 2.45) is 0 Å². The molecule has 1 heterocycles. The summed E-state index contributed by atoms with van der Waals surface area (Å²) in [6, 6.07) is 4.31. The van der Waals surface area contributed by atoms with Gasteiger partial charge in [-0.15, -0.1) is 11.3 Å². The molecule has 0 saturated carbocycles. The average Bonchev–Trinajstić information content (AvgIpc) is 2.56. The predicted octanol–water partition coefficient (Wildman–Crippen LogP) is 1.79. The molecule has 1 aromatic heterocycles. The van der Waals surface area contributed by atoms with Crippen LogP contribution in [0.25, 0.3) is 0 Å². The Morgan fingerprint density at radius 2 is 2.23 bits per heavy atom. The molecule has 0 radical (unpaired) electrons. The molecule has 0 saturated heterocycles. The Labute approximate surface area is 84.4 Å². The van der Waals surface area contributed by atoms with E-state index in [1.807, 2.05) is 18.4 Å². The topological polar surface area (TPSA) is 24.1 Å². The van der Waals surface area contributed by atoms with Gasteiger partial charge in [0.05, 0.1) is 0 Å². The molecule has 1 rings (SSSR count). The minimum Gasteiger partial charge on any atom is -0.308 e. The fraction of sp³-hybridized carbons (Fsp3) is 0.600. The molecule has 0 fully saturated rings. The Hall–Kier alpha value is -0.380. The maximum Gasteiger partial charge on any atom is 0.0452 e. The lowest BCUT2D eigenvalue weighted by Crippen LogP contribution is -2.36. The summed E-state index contributed by atoms with van der Waals surface area (Å²) in [6.07, 6.45) is 0. The highest BCUT2D eigenvalue weighted by molar-refractivity contribution is 7.10. The molecule has 0 unspecified atom stereocenters. The number of hydrogen-bond donors (Lipinski definition) is 2. The summed E-state index contributed by atoms with van der Waals surface area (Å²) in [5.74, 6) is 0. The van der Waals surface area contributed by atoms with Gasteiger partial charge in [0.1, 0.15) is 0 Å². The van der Waals surface area contributed by atoms with Crippen molar-refractivity contribution in [1.82, 2.24) is 10.6 Å². The van der Waals surface area contributed by atoms with Crippen LogP contribution in [0.2, 0.25) is 0 Å². The van der Waals surface area contributed by atoms with Crippen LogP contribution < -0.4 is 10.6 Å². The van der Waals surface area contributed by atoms with Crippen LogP contribution in [0.4, 0.5) is 0 Å². The van der Waals surface area contributed by atoms with Gasteiger partial charge in [-0.1, -0.05) is 19.9 Å². The first-order chi connectivity index (χ1) is 6.17. The molecule has 1 aromatic rings. The Balaban J connectivity index is 2.46. The second-order valence-electron chi connectivity index (χ2n) is 3.82. The number of thiophene rings is 1. The summed E-state index contributed by atoms with van der Waals surface area (Å²) in [7, 11) is 1.95. The summed E-state index contributed by atoms with van der Waals surface area (Å²) in [4.78, 5) is 1.44. The predicted molar refractivity (Wildman–Crippen MR) is 59.3 cm³/mol. The first kappa shape index (κ1) is 10.7. The zero-order valence-electron chi connectivity index (χ0n) is 8.55. The van der Waals surface area contributed by atoms with Crippen molar-refractivity contribution in [1.29, 1.82) is 0 Å². The monoisotopic (exact) mass is 198 g/mol. The van der Waals surface area contributed by atoms with E-state index in [9.17, 15) is 0 Å². The van der Waals surface area contributed by atoms with Crippen LogP contribution in [0, 0.1) is 0 Å². The molecular formula is C10H18N2S. The Morgan fingerprint density at radius 1 is 1.46 bits per heavy atom. The van der Waals surface area contributed by atoms with Gasteiger partial charge in [0.2, 0.25) is 0 Å². The molecule has 74 valence electrons. The summed E-state index contributed by atoms with van der Waals surface area (Å²) in [5, 5.41) is 8.57. The van der Waals surface area contributed by atoms with Crippen LogP contribution in [0.15, 0.2) is 17.5 Å². The molecule has 3 heteroatoms. The molecule has 0 aliphatic carbocycles. The number of nitrogens with one attached hydrogen (secondary N) is 2. The molecule has 0 aliphatic heterocycles. The standard InChI is InChI=1S/C10H18N2S/c1-10(2,7-12-8-11-3)9-5-4-6-13-9/h4-6,11-12H,7-8H2,1-3H3. The van der Waals surface area contributed by atoms with E-state index in [1.165, 1.54) is 4.88 Å². The summed E-state index contributed by atoms with van der Waals surface area (Å²) >= 11 is 1.83. The van der Waals surface area contributed by atoms with Gasteiger partial charge in [0.25, 0.3) is 0 Å². The van der Waals surface area contributed by atoms with Gasteiger partial charge in [0, 0.05) is 23.5 Å². The quantitative estimate of drug-likeness (QED) is 0.557. The van der Waals surface area contributed by atoms with Gasteiger partial charge in [-0.2, -0.15) is 0 Å². The molecule has 0 aliphatic rings. The van der Waals surface area contributed by atoms with Crippen molar-refractivity contribution in [3.05, 3.63) is 22.4 Å². The van der Waals surface area contributed by atoms with Crippen LogP contribution in [0.3, 0.4) is 0 Å². The fourth-order valence-electron chi connectivity index (χ4n) is 1.25. The van der Waals surface area contributed by atoms with Gasteiger partial charge in [-0.25, -0.2) is 0 Å². The third-order valence-corrected chi connectivity index (χ3v) is 3.29. The molecule has 13 heavy (non-hydrogen) atoms. The minimum absolute atomic E-state index is 0.241. The molecule has 0 aromatic carbocycles. The Bertz CT molecular complexity index is 229. The Morgan fingerprint density at radius 3 is 2.77 bits per heavy atom. The van der Waals surface area contributed by atoms with E-state index >= 15 is 0 Å². The van der Waals surface area contributed by atoms with E-state index in [1.54, 1.807) is 0 Å². The molecule has 0 amide bonds. The van der Waals surface area contributed by atoms with Crippen LogP contribution in [0.1, 0.15) is 18.7 Å². The lowest BCUT2D eigenvalue weighted by molar-refractivity contribution is 0.468. The second kappa shape index (κ2) is 4.74. The van der Waals surface area contributed by atoms with Crippen molar-refractivity contribution in [2.75, 3.05) is 20.3 Å². The van der Waals surface area contributed by atoms with Crippen molar-refractivity contribution in [3.63, 3.8) is 0 Å². The minimum atomic E-state index is 0.241. The fourth-order valence-corrected chi connectivity index (χ4v) is 2.10. The zero-order chi connectivity index (χ0) is 9.73. The summed E-state index contributed by atoms with van der Waals surface area (Å²) < 4.78 is 0. The van der Waals surface area contributed by atoms with Gasteiger partial charge >= 0.3 is 0 Å². The summed E-state index contributed by atoms with van der Waals surface area (Å²) in [5.41, 5.74) is 0.241. The zero-order valence-corrected chi connectivity index (χ0v) is 9.37. The SMILES string of the molecule is CNCNCC(C)(C)c1cccs1. The third-order valence-electron chi connectivity index (χ3n) is 2.06. The number of rotatable bonds is 5. The highest BCUT2D eigenvalue weighted by atomic mass is 32.1. The first-order valence-corrected chi connectivity index (χ1v) is 5.44. The highest BCUT2D eigenvalue weighted by Crippen LogP contribution is 2.26. The van der Waals surface area contributed by atoms with E-state index in [2.05, 4.69) is 42.0 Å². The Kier molecular flexibility index (Phi) is 3.90. The normalized spacial score (nSPS) is 11.9. The molecule has 0 atom stereocenters. The third kappa shape index (κ3) is 3.10. The first-order valence-electron chi connectivity index (χ1n) is 4.56. The molecule has 0 spiro atoms. The molecule has 0 bridgehead atoms. The second-order valence-corrected chi connectivity index (χ2v) is 4.77. The van der Waals surface area contributed by atoms with Crippen LogP contribution in [-0.4, -0.2) is 20.3 Å². The van der Waals surface area contributed by atoms with Crippen molar-refractivity contribution in [2.45, 2.75) is 19.3 Å². The molecular weight excluding hydrogens is 180 g/mol. The molecule has 2 nitrogen and oxygen atoms in total. The van der Waals surface area contributed by atoms with Gasteiger partial charge in [-0.3, -0.25) is 0 Å². The maximum atomic E-state index is 3.36. The lowest BCUT2D eigenvalue weighted by Gasteiger charge is -2.23. The van der Waals surface area contributed by atoms with Crippen molar-refractivity contribution < 1.29 is 0 Å². The average molecular weight is 198 g/mol. The van der Waals surface area contributed by atoms with Crippen LogP contribution in [-0.2, 0) is 5.41 Å². The number of hydrogen-bond acceptors (Lipinski definition) is 3. The smallest absolute Gasteiger partial charge is 0.0452 e. The van der Waals surface area contributed by atoms with Gasteiger partial charge in [-0.05, 0) is 18.5 Å². The van der Waals surface area contributed by atoms with Gasteiger partial charge < -0.3 is 10.6 Å². The van der Waals surface area contributed by atoms with Gasteiger partial charge in [0.15, 0.2) is 0 Å². The van der Waals surface area contributed by atoms with Crippen molar-refractivity contribution >= 4 is 11.3 Å². The van der Waals surface area contributed by atoms with E-state index in [4.69, 9.17) is 0 Å². The largest absolute Gasteiger partial charge is 0.308 e. The van der Waals surface area contributed by atoms with E-state index < -0.39 is 0 Å². The highest BCUT2D eigenvalue weighted by Gasteiger charge is 2.20. The van der Waals surface area contributed by atoms with Crippen LogP contribution >= 0.6 is 11.3 Å². The maximum absolute atomic E-state index is 3.36. The molecule has 2 N–H and O–H groups in total. The van der Waals surface area contributed by atoms with E-state index in [-0.39, 0.29) is 5.41 Å². The van der Waals surface area contributed by atoms with E-state index in [0.29, 0.717) is 0 Å².